The van der Waals surface area contributed by atoms with Gasteiger partial charge in [-0.05, 0) is 6.92 Å². The molecule has 1 atom stereocenters. The van der Waals surface area contributed by atoms with E-state index >= 15 is 0 Å². The topological polar surface area (TPSA) is 60.5 Å². The van der Waals surface area contributed by atoms with E-state index in [4.69, 9.17) is 9.47 Å². The third-order valence-corrected chi connectivity index (χ3v) is 4.48. The lowest BCUT2D eigenvalue weighted by Gasteiger charge is -2.22. The normalized spacial score (nSPS) is 19.7. The lowest BCUT2D eigenvalue weighted by atomic mass is 10.3. The van der Waals surface area contributed by atoms with E-state index in [0.29, 0.717) is 32.1 Å². The molecule has 1 aliphatic rings. The van der Waals surface area contributed by atoms with Gasteiger partial charge < -0.3 is 14.8 Å². The van der Waals surface area contributed by atoms with Crippen LogP contribution >= 0.6 is 23.1 Å². The highest BCUT2D eigenvalue weighted by atomic mass is 32.2. The van der Waals surface area contributed by atoms with Crippen LogP contribution in [-0.2, 0) is 14.3 Å². The molecular weight excluding hydrogens is 272 g/mol. The first kappa shape index (κ1) is 13.8. The number of hydrogen-bond acceptors (Lipinski definition) is 6. The van der Waals surface area contributed by atoms with Crippen LogP contribution in [0.5, 0.6) is 0 Å². The maximum Gasteiger partial charge on any atom is 0.230 e. The SMILES string of the molecule is Cc1csc(SCC(=O)NC[C@@H]2COCCO2)n1. The molecule has 18 heavy (non-hydrogen) atoms. The van der Waals surface area contributed by atoms with E-state index < -0.39 is 0 Å². The Balaban J connectivity index is 1.62. The number of thioether (sulfide) groups is 1. The number of aryl methyl sites for hydroxylation is 1. The number of aromatic nitrogens is 1. The fourth-order valence-corrected chi connectivity index (χ4v) is 3.14. The van der Waals surface area contributed by atoms with Gasteiger partial charge in [0.1, 0.15) is 0 Å². The van der Waals surface area contributed by atoms with Gasteiger partial charge in [0, 0.05) is 17.6 Å². The molecule has 1 aromatic rings. The molecule has 2 heterocycles. The van der Waals surface area contributed by atoms with Gasteiger partial charge in [-0.25, -0.2) is 4.98 Å². The molecule has 1 N–H and O–H groups in total. The van der Waals surface area contributed by atoms with Crippen molar-refractivity contribution in [2.24, 2.45) is 0 Å². The van der Waals surface area contributed by atoms with Crippen molar-refractivity contribution in [3.05, 3.63) is 11.1 Å². The third kappa shape index (κ3) is 4.56. The van der Waals surface area contributed by atoms with Crippen molar-refractivity contribution >= 4 is 29.0 Å². The highest BCUT2D eigenvalue weighted by molar-refractivity contribution is 8.01. The number of rotatable bonds is 5. The molecule has 1 aliphatic heterocycles. The number of nitrogens with one attached hydrogen (secondary N) is 1. The smallest absolute Gasteiger partial charge is 0.230 e. The molecule has 0 saturated carbocycles. The Kier molecular flexibility index (Phi) is 5.43. The molecule has 0 bridgehead atoms. The summed E-state index contributed by atoms with van der Waals surface area (Å²) in [5.74, 6) is 0.391. The molecule has 0 unspecified atom stereocenters. The minimum atomic E-state index is -0.0187. The van der Waals surface area contributed by atoms with Gasteiger partial charge in [-0.2, -0.15) is 0 Å². The van der Waals surface area contributed by atoms with E-state index in [-0.39, 0.29) is 12.0 Å². The van der Waals surface area contributed by atoms with Crippen molar-refractivity contribution in [1.29, 1.82) is 0 Å². The predicted octanol–water partition coefficient (Wildman–Crippen LogP) is 1.08. The second-order valence-corrected chi connectivity index (χ2v) is 6.00. The number of amides is 1. The van der Waals surface area contributed by atoms with Crippen LogP contribution in [-0.4, -0.2) is 49.1 Å². The van der Waals surface area contributed by atoms with Crippen molar-refractivity contribution in [3.63, 3.8) is 0 Å². The number of nitrogens with zero attached hydrogens (tertiary/aromatic N) is 1. The van der Waals surface area contributed by atoms with Gasteiger partial charge in [0.15, 0.2) is 4.34 Å². The first-order valence-corrected chi connectivity index (χ1v) is 7.61. The van der Waals surface area contributed by atoms with Crippen LogP contribution < -0.4 is 5.32 Å². The minimum Gasteiger partial charge on any atom is -0.376 e. The molecule has 0 aromatic carbocycles. The van der Waals surface area contributed by atoms with E-state index in [0.717, 1.165) is 10.0 Å². The molecule has 0 radical (unpaired) electrons. The van der Waals surface area contributed by atoms with Crippen LogP contribution in [0.1, 0.15) is 5.69 Å². The molecule has 1 fully saturated rings. The number of ether oxygens (including phenoxy) is 2. The first-order chi connectivity index (χ1) is 8.74. The number of carbonyl (C=O) groups excluding carboxylic acids is 1. The molecule has 1 saturated heterocycles. The summed E-state index contributed by atoms with van der Waals surface area (Å²) in [6.07, 6.45) is -0.0187. The zero-order valence-electron chi connectivity index (χ0n) is 10.2. The largest absolute Gasteiger partial charge is 0.376 e. The highest BCUT2D eigenvalue weighted by Gasteiger charge is 2.15. The first-order valence-electron chi connectivity index (χ1n) is 5.75. The molecule has 1 aromatic heterocycles. The summed E-state index contributed by atoms with van der Waals surface area (Å²) >= 11 is 3.02. The Hall–Kier alpha value is -0.630. The molecule has 7 heteroatoms. The Morgan fingerprint density at radius 3 is 3.22 bits per heavy atom. The minimum absolute atomic E-state index is 0.00188. The Morgan fingerprint density at radius 1 is 1.67 bits per heavy atom. The number of hydrogen-bond donors (Lipinski definition) is 1. The molecule has 100 valence electrons. The molecular formula is C11H16N2O3S2. The lowest BCUT2D eigenvalue weighted by Crippen LogP contribution is -2.40. The van der Waals surface area contributed by atoms with E-state index in [1.54, 1.807) is 11.3 Å². The molecule has 0 spiro atoms. The Morgan fingerprint density at radius 2 is 2.56 bits per heavy atom. The fourth-order valence-electron chi connectivity index (χ4n) is 1.46. The summed E-state index contributed by atoms with van der Waals surface area (Å²) in [5, 5.41) is 4.82. The lowest BCUT2D eigenvalue weighted by molar-refractivity contribution is -0.121. The zero-order chi connectivity index (χ0) is 12.8. The van der Waals surface area contributed by atoms with Crippen LogP contribution in [0.4, 0.5) is 0 Å². The molecule has 2 rings (SSSR count). The van der Waals surface area contributed by atoms with Gasteiger partial charge in [0.2, 0.25) is 5.91 Å². The molecule has 5 nitrogen and oxygen atoms in total. The van der Waals surface area contributed by atoms with Crippen LogP contribution in [0, 0.1) is 6.92 Å². The maximum atomic E-state index is 11.6. The maximum absolute atomic E-state index is 11.6. The zero-order valence-corrected chi connectivity index (χ0v) is 11.8. The van der Waals surface area contributed by atoms with Gasteiger partial charge in [-0.1, -0.05) is 11.8 Å². The second kappa shape index (κ2) is 7.08. The van der Waals surface area contributed by atoms with Crippen LogP contribution in [0.15, 0.2) is 9.72 Å². The van der Waals surface area contributed by atoms with Crippen LogP contribution in [0.2, 0.25) is 0 Å². The number of thiazole rings is 1. The summed E-state index contributed by atoms with van der Waals surface area (Å²) in [5.41, 5.74) is 0.996. The summed E-state index contributed by atoms with van der Waals surface area (Å²) in [4.78, 5) is 15.9. The van der Waals surface area contributed by atoms with Gasteiger partial charge in [0.25, 0.3) is 0 Å². The Labute approximate surface area is 114 Å². The second-order valence-electron chi connectivity index (χ2n) is 3.92. The average Bonchev–Trinajstić information content (AvgIpc) is 2.81. The predicted molar refractivity (Wildman–Crippen MR) is 71.1 cm³/mol. The number of carbonyl (C=O) groups is 1. The Bertz CT molecular complexity index is 391. The van der Waals surface area contributed by atoms with Crippen LogP contribution in [0.3, 0.4) is 0 Å². The van der Waals surface area contributed by atoms with E-state index in [9.17, 15) is 4.79 Å². The molecule has 1 amide bonds. The quantitative estimate of drug-likeness (QED) is 0.821. The highest BCUT2D eigenvalue weighted by Crippen LogP contribution is 2.21. The summed E-state index contributed by atoms with van der Waals surface area (Å²) in [6.45, 7) is 4.26. The third-order valence-electron chi connectivity index (χ3n) is 2.34. The summed E-state index contributed by atoms with van der Waals surface area (Å²) in [7, 11) is 0. The monoisotopic (exact) mass is 288 g/mol. The summed E-state index contributed by atoms with van der Waals surface area (Å²) in [6, 6.07) is 0. The van der Waals surface area contributed by atoms with E-state index in [1.165, 1.54) is 11.8 Å². The fraction of sp³-hybridized carbons (Fsp3) is 0.636. The van der Waals surface area contributed by atoms with E-state index in [1.807, 2.05) is 12.3 Å². The van der Waals surface area contributed by atoms with E-state index in [2.05, 4.69) is 10.3 Å². The van der Waals surface area contributed by atoms with Gasteiger partial charge in [-0.3, -0.25) is 4.79 Å². The van der Waals surface area contributed by atoms with Crippen molar-refractivity contribution in [3.8, 4) is 0 Å². The van der Waals surface area contributed by atoms with Gasteiger partial charge in [0.05, 0.1) is 31.7 Å². The summed E-state index contributed by atoms with van der Waals surface area (Å²) < 4.78 is 11.6. The molecule has 0 aliphatic carbocycles. The van der Waals surface area contributed by atoms with Gasteiger partial charge in [-0.15, -0.1) is 11.3 Å². The standard InChI is InChI=1S/C11H16N2O3S2/c1-8-6-17-11(13-8)18-7-10(14)12-4-9-5-15-2-3-16-9/h6,9H,2-5,7H2,1H3,(H,12,14)/t9-/m1/s1. The van der Waals surface area contributed by atoms with Crippen molar-refractivity contribution in [2.75, 3.05) is 32.1 Å². The van der Waals surface area contributed by atoms with Crippen molar-refractivity contribution in [2.45, 2.75) is 17.4 Å². The average molecular weight is 288 g/mol. The van der Waals surface area contributed by atoms with Crippen molar-refractivity contribution < 1.29 is 14.3 Å². The van der Waals surface area contributed by atoms with Crippen molar-refractivity contribution in [1.82, 2.24) is 10.3 Å². The van der Waals surface area contributed by atoms with Gasteiger partial charge >= 0.3 is 0 Å². The van der Waals surface area contributed by atoms with Crippen LogP contribution in [0.25, 0.3) is 0 Å².